The second-order valence-corrected chi connectivity index (χ2v) is 5.59. The number of anilines is 1. The molecule has 0 aliphatic carbocycles. The van der Waals surface area contributed by atoms with E-state index in [-0.39, 0.29) is 11.4 Å². The van der Waals surface area contributed by atoms with Gasteiger partial charge in [0.1, 0.15) is 12.4 Å². The van der Waals surface area contributed by atoms with Crippen LogP contribution in [-0.2, 0) is 4.74 Å². The Kier molecular flexibility index (Phi) is 5.56. The number of nitrogens with zero attached hydrogens (tertiary/aromatic N) is 1. The van der Waals surface area contributed by atoms with Crippen molar-refractivity contribution in [3.05, 3.63) is 48.2 Å². The fourth-order valence-electron chi connectivity index (χ4n) is 2.51. The lowest BCUT2D eigenvalue weighted by Crippen LogP contribution is -2.05. The minimum Gasteiger partial charge on any atom is -0.493 e. The molecule has 0 fully saturated rings. The smallest absolute Gasteiger partial charge is 0.198 e. The van der Waals surface area contributed by atoms with Crippen molar-refractivity contribution in [3.63, 3.8) is 0 Å². The van der Waals surface area contributed by atoms with E-state index in [9.17, 15) is 8.78 Å². The van der Waals surface area contributed by atoms with Crippen LogP contribution in [0.1, 0.15) is 0 Å². The molecule has 1 heterocycles. The first kappa shape index (κ1) is 18.7. The summed E-state index contributed by atoms with van der Waals surface area (Å²) in [7, 11) is 3.07. The van der Waals surface area contributed by atoms with Gasteiger partial charge in [0, 0.05) is 42.6 Å². The number of hydrogen-bond acceptors (Lipinski definition) is 6. The lowest BCUT2D eigenvalue weighted by Gasteiger charge is -2.14. The highest BCUT2D eigenvalue weighted by Gasteiger charge is 2.16. The maximum atomic E-state index is 14.1. The number of pyridine rings is 1. The van der Waals surface area contributed by atoms with E-state index in [0.717, 1.165) is 12.1 Å². The Hall–Kier alpha value is -3.13. The lowest BCUT2D eigenvalue weighted by molar-refractivity contribution is 0.144. The largest absolute Gasteiger partial charge is 0.493 e. The molecule has 0 aliphatic rings. The first-order valence-electron chi connectivity index (χ1n) is 8.04. The van der Waals surface area contributed by atoms with E-state index in [4.69, 9.17) is 24.7 Å². The average molecular weight is 376 g/mol. The van der Waals surface area contributed by atoms with Crippen LogP contribution in [-0.4, -0.2) is 32.4 Å². The molecule has 6 nitrogen and oxygen atoms in total. The van der Waals surface area contributed by atoms with Crippen LogP contribution in [0.3, 0.4) is 0 Å². The summed E-state index contributed by atoms with van der Waals surface area (Å²) in [5, 5.41) is 0.501. The van der Waals surface area contributed by atoms with Gasteiger partial charge in [0.15, 0.2) is 28.9 Å². The predicted molar refractivity (Wildman–Crippen MR) is 96.5 cm³/mol. The molecule has 0 spiro atoms. The Labute approximate surface area is 154 Å². The molecular weight excluding hydrogens is 358 g/mol. The van der Waals surface area contributed by atoms with Crippen molar-refractivity contribution >= 4 is 16.6 Å². The predicted octanol–water partition coefficient (Wildman–Crippen LogP) is 3.92. The highest BCUT2D eigenvalue weighted by atomic mass is 19.1. The van der Waals surface area contributed by atoms with E-state index in [1.54, 1.807) is 19.2 Å². The second kappa shape index (κ2) is 8.05. The molecule has 0 atom stereocenters. The first-order valence-corrected chi connectivity index (χ1v) is 8.04. The number of fused-ring (bicyclic) bond motifs is 1. The fourth-order valence-corrected chi connectivity index (χ4v) is 2.51. The van der Waals surface area contributed by atoms with E-state index >= 15 is 0 Å². The number of aromatic nitrogens is 1. The van der Waals surface area contributed by atoms with Gasteiger partial charge in [0.25, 0.3) is 0 Å². The van der Waals surface area contributed by atoms with Gasteiger partial charge in [-0.15, -0.1) is 0 Å². The Morgan fingerprint density at radius 2 is 1.70 bits per heavy atom. The first-order chi connectivity index (χ1) is 13.0. The number of nitrogens with two attached hydrogens (primary N) is 1. The van der Waals surface area contributed by atoms with Crippen LogP contribution >= 0.6 is 0 Å². The molecule has 0 amide bonds. The summed E-state index contributed by atoms with van der Waals surface area (Å²) in [5.41, 5.74) is 5.92. The fraction of sp³-hybridized carbons (Fsp3) is 0.211. The van der Waals surface area contributed by atoms with E-state index in [1.807, 2.05) is 0 Å². The zero-order valence-electron chi connectivity index (χ0n) is 14.8. The number of halogens is 2. The Bertz CT molecular complexity index is 943. The zero-order chi connectivity index (χ0) is 19.4. The quantitative estimate of drug-likeness (QED) is 0.498. The number of benzene rings is 2. The van der Waals surface area contributed by atoms with Gasteiger partial charge in [0.05, 0.1) is 19.2 Å². The number of ether oxygens (including phenoxy) is 4. The monoisotopic (exact) mass is 376 g/mol. The van der Waals surface area contributed by atoms with Crippen molar-refractivity contribution < 1.29 is 27.7 Å². The van der Waals surface area contributed by atoms with Gasteiger partial charge in [0.2, 0.25) is 0 Å². The van der Waals surface area contributed by atoms with Crippen LogP contribution in [0, 0.1) is 11.6 Å². The summed E-state index contributed by atoms with van der Waals surface area (Å²) >= 11 is 0. The van der Waals surface area contributed by atoms with Gasteiger partial charge in [-0.05, 0) is 12.1 Å². The van der Waals surface area contributed by atoms with Gasteiger partial charge in [-0.2, -0.15) is 0 Å². The summed E-state index contributed by atoms with van der Waals surface area (Å²) in [6.07, 6.45) is 1.47. The molecule has 0 saturated heterocycles. The van der Waals surface area contributed by atoms with Gasteiger partial charge in [-0.3, -0.25) is 4.98 Å². The third-order valence-corrected chi connectivity index (χ3v) is 3.76. The summed E-state index contributed by atoms with van der Waals surface area (Å²) in [6.45, 7) is 0.690. The maximum absolute atomic E-state index is 14.1. The molecule has 3 aromatic rings. The van der Waals surface area contributed by atoms with Gasteiger partial charge < -0.3 is 24.7 Å². The molecular formula is C19H18F2N2O4. The summed E-state index contributed by atoms with van der Waals surface area (Å²) in [6, 6.07) is 6.77. The molecule has 2 N–H and O–H groups in total. The molecule has 8 heteroatoms. The van der Waals surface area contributed by atoms with Crippen LogP contribution in [0.5, 0.6) is 23.0 Å². The molecule has 27 heavy (non-hydrogen) atoms. The molecule has 0 aliphatic heterocycles. The van der Waals surface area contributed by atoms with E-state index in [1.165, 1.54) is 19.4 Å². The molecule has 3 rings (SSSR count). The van der Waals surface area contributed by atoms with E-state index in [2.05, 4.69) is 4.98 Å². The van der Waals surface area contributed by atoms with Crippen molar-refractivity contribution in [2.45, 2.75) is 0 Å². The number of rotatable bonds is 7. The second-order valence-electron chi connectivity index (χ2n) is 5.59. The van der Waals surface area contributed by atoms with Crippen LogP contribution in [0.4, 0.5) is 14.5 Å². The molecule has 0 unspecified atom stereocenters. The standard InChI is InChI=1S/C19H18F2N2O4/c1-24-5-6-26-18-9-12-15(10-17(18)25-2)23-4-3-16(12)27-19-13(20)7-11(22)8-14(19)21/h3-4,7-10H,5-6,22H2,1-2H3. The van der Waals surface area contributed by atoms with Gasteiger partial charge >= 0.3 is 0 Å². The van der Waals surface area contributed by atoms with Crippen molar-refractivity contribution in [1.82, 2.24) is 4.98 Å². The van der Waals surface area contributed by atoms with Crippen LogP contribution in [0.15, 0.2) is 36.5 Å². The number of nitrogen functional groups attached to an aromatic ring is 1. The topological polar surface area (TPSA) is 75.8 Å². The normalized spacial score (nSPS) is 10.8. The molecule has 1 aromatic heterocycles. The van der Waals surface area contributed by atoms with Gasteiger partial charge in [-0.25, -0.2) is 8.78 Å². The summed E-state index contributed by atoms with van der Waals surface area (Å²) in [5.74, 6) is -1.24. The SMILES string of the molecule is COCCOc1cc2c(Oc3c(F)cc(N)cc3F)ccnc2cc1OC. The Morgan fingerprint density at radius 3 is 2.37 bits per heavy atom. The number of hydrogen-bond donors (Lipinski definition) is 1. The van der Waals surface area contributed by atoms with Crippen LogP contribution in [0.25, 0.3) is 10.9 Å². The van der Waals surface area contributed by atoms with E-state index in [0.29, 0.717) is 35.6 Å². The number of methoxy groups -OCH3 is 2. The molecule has 2 aromatic carbocycles. The molecule has 0 radical (unpaired) electrons. The summed E-state index contributed by atoms with van der Waals surface area (Å²) < 4.78 is 49.6. The van der Waals surface area contributed by atoms with Crippen LogP contribution in [0.2, 0.25) is 0 Å². The maximum Gasteiger partial charge on any atom is 0.198 e. The Balaban J connectivity index is 2.04. The van der Waals surface area contributed by atoms with Crippen molar-refractivity contribution in [2.75, 3.05) is 33.2 Å². The molecule has 0 bridgehead atoms. The third kappa shape index (κ3) is 4.01. The van der Waals surface area contributed by atoms with Gasteiger partial charge in [-0.1, -0.05) is 0 Å². The minimum atomic E-state index is -0.900. The Morgan fingerprint density at radius 1 is 0.963 bits per heavy atom. The average Bonchev–Trinajstić information content (AvgIpc) is 2.64. The van der Waals surface area contributed by atoms with Crippen molar-refractivity contribution in [3.8, 4) is 23.0 Å². The van der Waals surface area contributed by atoms with E-state index < -0.39 is 17.4 Å². The van der Waals surface area contributed by atoms with Crippen molar-refractivity contribution in [2.24, 2.45) is 0 Å². The minimum absolute atomic E-state index is 0.0319. The summed E-state index contributed by atoms with van der Waals surface area (Å²) in [4.78, 5) is 4.24. The molecule has 0 saturated carbocycles. The lowest BCUT2D eigenvalue weighted by atomic mass is 10.1. The highest BCUT2D eigenvalue weighted by molar-refractivity contribution is 5.88. The van der Waals surface area contributed by atoms with Crippen molar-refractivity contribution in [1.29, 1.82) is 0 Å². The highest BCUT2D eigenvalue weighted by Crippen LogP contribution is 2.38. The molecule has 142 valence electrons. The van der Waals surface area contributed by atoms with Crippen LogP contribution < -0.4 is 19.9 Å². The zero-order valence-corrected chi connectivity index (χ0v) is 14.8. The third-order valence-electron chi connectivity index (χ3n) is 3.76.